The Hall–Kier alpha value is -6.52. The molecule has 0 bridgehead atoms. The van der Waals surface area contributed by atoms with Gasteiger partial charge in [-0.1, -0.05) is 133 Å². The van der Waals surface area contributed by atoms with E-state index in [0.717, 1.165) is 17.1 Å². The molecule has 0 saturated carbocycles. The van der Waals surface area contributed by atoms with Gasteiger partial charge in [0.25, 0.3) is 0 Å². The van der Waals surface area contributed by atoms with Gasteiger partial charge in [0, 0.05) is 57.4 Å². The highest BCUT2D eigenvalue weighted by Crippen LogP contribution is 2.42. The van der Waals surface area contributed by atoms with Gasteiger partial charge in [0.1, 0.15) is 0 Å². The fourth-order valence-corrected chi connectivity index (χ4v) is 10.3. The van der Waals surface area contributed by atoms with Crippen molar-refractivity contribution in [3.8, 4) is 33.4 Å². The molecular formula is C52H33NS2. The van der Waals surface area contributed by atoms with Crippen molar-refractivity contribution in [3.05, 3.63) is 200 Å². The van der Waals surface area contributed by atoms with Gasteiger partial charge in [-0.15, -0.1) is 22.7 Å². The third kappa shape index (κ3) is 5.68. The van der Waals surface area contributed by atoms with E-state index in [9.17, 15) is 0 Å². The maximum Gasteiger partial charge on any atom is 0.0476 e. The molecule has 1 nitrogen and oxygen atoms in total. The molecule has 0 spiro atoms. The third-order valence-electron chi connectivity index (χ3n) is 10.9. The van der Waals surface area contributed by atoms with Gasteiger partial charge >= 0.3 is 0 Å². The predicted molar refractivity (Wildman–Crippen MR) is 241 cm³/mol. The Balaban J connectivity index is 0.969. The normalized spacial score (nSPS) is 11.6. The van der Waals surface area contributed by atoms with Gasteiger partial charge in [0.05, 0.1) is 0 Å². The van der Waals surface area contributed by atoms with Crippen LogP contribution in [0.3, 0.4) is 0 Å². The van der Waals surface area contributed by atoms with Gasteiger partial charge in [-0.05, 0) is 111 Å². The Morgan fingerprint density at radius 1 is 0.255 bits per heavy atom. The Morgan fingerprint density at radius 2 is 0.709 bits per heavy atom. The Labute approximate surface area is 327 Å². The average molecular weight is 736 g/mol. The zero-order valence-corrected chi connectivity index (χ0v) is 31.4. The second kappa shape index (κ2) is 13.1. The van der Waals surface area contributed by atoms with Crippen molar-refractivity contribution in [3.63, 3.8) is 0 Å². The van der Waals surface area contributed by atoms with Crippen LogP contribution >= 0.6 is 22.7 Å². The van der Waals surface area contributed by atoms with Crippen LogP contribution in [0.2, 0.25) is 0 Å². The standard InChI is InChI=1S/C52H33NS2/c1-2-9-37-31-40(17-16-34(37)8-1)39-11-7-10-38(30-39)35-18-23-42(24-19-35)53(44-27-29-48-46-13-4-6-15-50(46)55-52(48)33-44)43-25-20-36(21-26-43)41-22-28-47-45-12-3-5-14-49(45)54-51(47)32-41/h1-33H. The maximum absolute atomic E-state index is 2.39. The van der Waals surface area contributed by atoms with E-state index >= 15 is 0 Å². The van der Waals surface area contributed by atoms with E-state index in [1.807, 2.05) is 22.7 Å². The summed E-state index contributed by atoms with van der Waals surface area (Å²) in [5.74, 6) is 0. The molecular weight excluding hydrogens is 703 g/mol. The lowest BCUT2D eigenvalue weighted by atomic mass is 9.97. The topological polar surface area (TPSA) is 3.24 Å². The number of fused-ring (bicyclic) bond motifs is 7. The van der Waals surface area contributed by atoms with Crippen molar-refractivity contribution >= 4 is 90.9 Å². The molecule has 0 aliphatic rings. The van der Waals surface area contributed by atoms with Gasteiger partial charge in [-0.2, -0.15) is 0 Å². The van der Waals surface area contributed by atoms with Crippen LogP contribution in [0, 0.1) is 0 Å². The van der Waals surface area contributed by atoms with E-state index in [2.05, 4.69) is 205 Å². The average Bonchev–Trinajstić information content (AvgIpc) is 3.82. The molecule has 0 amide bonds. The van der Waals surface area contributed by atoms with E-state index in [4.69, 9.17) is 0 Å². The van der Waals surface area contributed by atoms with Crippen molar-refractivity contribution in [1.82, 2.24) is 0 Å². The molecule has 2 heterocycles. The number of anilines is 3. The molecule has 0 atom stereocenters. The quantitative estimate of drug-likeness (QED) is 0.164. The molecule has 2 aromatic heterocycles. The van der Waals surface area contributed by atoms with Crippen molar-refractivity contribution in [2.45, 2.75) is 0 Å². The SMILES string of the molecule is c1cc(-c2ccc(N(c3ccc(-c4ccc5c(c4)sc4ccccc45)cc3)c3ccc4c(c3)sc3ccccc34)cc2)cc(-c2ccc3ccccc3c2)c1. The summed E-state index contributed by atoms with van der Waals surface area (Å²) in [6.45, 7) is 0. The van der Waals surface area contributed by atoms with E-state index < -0.39 is 0 Å². The van der Waals surface area contributed by atoms with Crippen LogP contribution in [-0.4, -0.2) is 0 Å². The van der Waals surface area contributed by atoms with Crippen LogP contribution in [0.4, 0.5) is 17.1 Å². The molecule has 0 N–H and O–H groups in total. The van der Waals surface area contributed by atoms with Crippen molar-refractivity contribution in [2.24, 2.45) is 0 Å². The van der Waals surface area contributed by atoms with Crippen LogP contribution in [0.25, 0.3) is 84.5 Å². The molecule has 0 aliphatic heterocycles. The summed E-state index contributed by atoms with van der Waals surface area (Å²) in [4.78, 5) is 2.39. The molecule has 3 heteroatoms. The highest BCUT2D eigenvalue weighted by molar-refractivity contribution is 7.26. The third-order valence-corrected chi connectivity index (χ3v) is 13.1. The summed E-state index contributed by atoms with van der Waals surface area (Å²) in [6.07, 6.45) is 0. The van der Waals surface area contributed by atoms with Gasteiger partial charge in [-0.3, -0.25) is 0 Å². The number of nitrogens with zero attached hydrogens (tertiary/aromatic N) is 1. The van der Waals surface area contributed by atoms with Crippen LogP contribution < -0.4 is 4.90 Å². The maximum atomic E-state index is 2.39. The van der Waals surface area contributed by atoms with Gasteiger partial charge < -0.3 is 4.90 Å². The first-order valence-electron chi connectivity index (χ1n) is 18.6. The van der Waals surface area contributed by atoms with Crippen LogP contribution in [0.5, 0.6) is 0 Å². The first kappa shape index (κ1) is 32.0. The fourth-order valence-electron chi connectivity index (χ4n) is 8.06. The van der Waals surface area contributed by atoms with E-state index in [1.54, 1.807) is 0 Å². The van der Waals surface area contributed by atoms with E-state index in [0.29, 0.717) is 0 Å². The zero-order valence-electron chi connectivity index (χ0n) is 29.8. The monoisotopic (exact) mass is 735 g/mol. The smallest absolute Gasteiger partial charge is 0.0476 e. The lowest BCUT2D eigenvalue weighted by Crippen LogP contribution is -2.09. The molecule has 0 radical (unpaired) electrons. The van der Waals surface area contributed by atoms with Crippen molar-refractivity contribution in [1.29, 1.82) is 0 Å². The molecule has 258 valence electrons. The summed E-state index contributed by atoms with van der Waals surface area (Å²) < 4.78 is 5.26. The van der Waals surface area contributed by atoms with Crippen LogP contribution in [0.1, 0.15) is 0 Å². The molecule has 0 unspecified atom stereocenters. The van der Waals surface area contributed by atoms with Crippen LogP contribution in [0.15, 0.2) is 200 Å². The van der Waals surface area contributed by atoms with E-state index in [-0.39, 0.29) is 0 Å². The first-order valence-corrected chi connectivity index (χ1v) is 20.3. The summed E-state index contributed by atoms with van der Waals surface area (Å²) in [5, 5.41) is 7.80. The van der Waals surface area contributed by atoms with Gasteiger partial charge in [-0.25, -0.2) is 0 Å². The Kier molecular flexibility index (Phi) is 7.61. The molecule has 55 heavy (non-hydrogen) atoms. The van der Waals surface area contributed by atoms with Crippen LogP contribution in [-0.2, 0) is 0 Å². The second-order valence-corrected chi connectivity index (χ2v) is 16.3. The number of thiophene rings is 2. The fraction of sp³-hybridized carbons (Fsp3) is 0. The number of hydrogen-bond donors (Lipinski definition) is 0. The summed E-state index contributed by atoms with van der Waals surface area (Å²) in [6, 6.07) is 73.5. The van der Waals surface area contributed by atoms with E-state index in [1.165, 1.54) is 84.5 Å². The number of rotatable bonds is 6. The minimum absolute atomic E-state index is 1.12. The molecule has 9 aromatic carbocycles. The summed E-state index contributed by atoms with van der Waals surface area (Å²) in [7, 11) is 0. The largest absolute Gasteiger partial charge is 0.310 e. The number of hydrogen-bond acceptors (Lipinski definition) is 3. The highest BCUT2D eigenvalue weighted by Gasteiger charge is 2.16. The predicted octanol–water partition coefficient (Wildman–Crippen LogP) is 16.0. The Morgan fingerprint density at radius 3 is 1.38 bits per heavy atom. The molecule has 11 rings (SSSR count). The van der Waals surface area contributed by atoms with Crippen molar-refractivity contribution < 1.29 is 0 Å². The van der Waals surface area contributed by atoms with Gasteiger partial charge in [0.15, 0.2) is 0 Å². The molecule has 11 aromatic rings. The zero-order chi connectivity index (χ0) is 36.3. The lowest BCUT2D eigenvalue weighted by Gasteiger charge is -2.26. The van der Waals surface area contributed by atoms with Crippen molar-refractivity contribution in [2.75, 3.05) is 4.90 Å². The second-order valence-electron chi connectivity index (χ2n) is 14.2. The van der Waals surface area contributed by atoms with Gasteiger partial charge in [0.2, 0.25) is 0 Å². The Bertz CT molecular complexity index is 3200. The number of benzene rings is 9. The first-order chi connectivity index (χ1) is 27.2. The molecule has 0 aliphatic carbocycles. The lowest BCUT2D eigenvalue weighted by molar-refractivity contribution is 1.29. The highest BCUT2D eigenvalue weighted by atomic mass is 32.1. The minimum Gasteiger partial charge on any atom is -0.310 e. The summed E-state index contributed by atoms with van der Waals surface area (Å²) >= 11 is 3.73. The summed E-state index contributed by atoms with van der Waals surface area (Å²) in [5.41, 5.74) is 10.7. The molecule has 0 fully saturated rings. The molecule has 0 saturated heterocycles. The minimum atomic E-state index is 1.12.